The van der Waals surface area contributed by atoms with Crippen molar-refractivity contribution in [2.24, 2.45) is 0 Å². The Morgan fingerprint density at radius 3 is 1.58 bits per heavy atom. The molecule has 0 N–H and O–H groups in total. The Bertz CT molecular complexity index is 961. The van der Waals surface area contributed by atoms with Crippen LogP contribution in [0, 0.1) is 0 Å². The van der Waals surface area contributed by atoms with Gasteiger partial charge in [0, 0.05) is 11.1 Å². The van der Waals surface area contributed by atoms with Crippen LogP contribution in [0.3, 0.4) is 0 Å². The summed E-state index contributed by atoms with van der Waals surface area (Å²) in [5, 5.41) is 9.64. The lowest BCUT2D eigenvalue weighted by atomic mass is 10.1. The minimum Gasteiger partial charge on any atom is -0.464 e. The largest absolute Gasteiger partial charge is 0.464 e. The molecular weight excluding hydrogens is 386 g/mol. The van der Waals surface area contributed by atoms with Crippen molar-refractivity contribution in [3.8, 4) is 22.6 Å². The highest BCUT2D eigenvalue weighted by molar-refractivity contribution is 5.98. The Hall–Kier alpha value is -2.82. The highest BCUT2D eigenvalue weighted by Gasteiger charge is 2.17. The SMILES string of the molecule is CCCCCCCCCCCCn1nc2c(-c3ccco3)ccc(-c3ccco3)c2n1. The number of aryl methyl sites for hydroxylation is 1. The van der Waals surface area contributed by atoms with Crippen LogP contribution in [0.4, 0.5) is 0 Å². The third kappa shape index (κ3) is 5.46. The highest BCUT2D eigenvalue weighted by atomic mass is 16.3. The fraction of sp³-hybridized carbons (Fsp3) is 0.462. The van der Waals surface area contributed by atoms with Gasteiger partial charge in [-0.2, -0.15) is 15.0 Å². The fourth-order valence-corrected chi connectivity index (χ4v) is 4.14. The number of hydrogen-bond donors (Lipinski definition) is 0. The first-order chi connectivity index (χ1) is 15.4. The third-order valence-electron chi connectivity index (χ3n) is 5.87. The van der Waals surface area contributed by atoms with Crippen LogP contribution in [0.1, 0.15) is 71.1 Å². The third-order valence-corrected chi connectivity index (χ3v) is 5.87. The van der Waals surface area contributed by atoms with Gasteiger partial charge in [-0.05, 0) is 42.8 Å². The van der Waals surface area contributed by atoms with Gasteiger partial charge >= 0.3 is 0 Å². The first-order valence-corrected chi connectivity index (χ1v) is 11.8. The Kier molecular flexibility index (Phi) is 7.59. The molecule has 3 heterocycles. The topological polar surface area (TPSA) is 57.0 Å². The molecule has 0 amide bonds. The van der Waals surface area contributed by atoms with Crippen LogP contribution in [0.25, 0.3) is 33.7 Å². The lowest BCUT2D eigenvalue weighted by Gasteiger charge is -2.02. The molecule has 0 aliphatic carbocycles. The summed E-state index contributed by atoms with van der Waals surface area (Å²) in [6.45, 7) is 3.10. The standard InChI is InChI=1S/C26H33N3O2/c1-2-3-4-5-6-7-8-9-10-11-18-29-27-25-21(23-14-12-19-30-23)16-17-22(26(25)28-29)24-15-13-20-31-24/h12-17,19-20H,2-11,18H2,1H3. The van der Waals surface area contributed by atoms with E-state index in [2.05, 4.69) is 6.92 Å². The van der Waals surface area contributed by atoms with Crippen LogP contribution in [-0.2, 0) is 6.54 Å². The molecule has 164 valence electrons. The molecule has 0 radical (unpaired) electrons. The molecule has 0 aliphatic heterocycles. The van der Waals surface area contributed by atoms with Gasteiger partial charge in [0.25, 0.3) is 0 Å². The number of rotatable bonds is 13. The highest BCUT2D eigenvalue weighted by Crippen LogP contribution is 2.34. The molecule has 31 heavy (non-hydrogen) atoms. The van der Waals surface area contributed by atoms with Crippen molar-refractivity contribution in [3.05, 3.63) is 48.9 Å². The number of hydrogen-bond acceptors (Lipinski definition) is 4. The van der Waals surface area contributed by atoms with Crippen molar-refractivity contribution in [1.29, 1.82) is 0 Å². The summed E-state index contributed by atoms with van der Waals surface area (Å²) in [4.78, 5) is 1.84. The average molecular weight is 420 g/mol. The predicted molar refractivity (Wildman–Crippen MR) is 125 cm³/mol. The minimum atomic E-state index is 0.807. The summed E-state index contributed by atoms with van der Waals surface area (Å²) in [6, 6.07) is 11.8. The molecule has 0 saturated heterocycles. The molecule has 0 atom stereocenters. The molecule has 3 aromatic heterocycles. The van der Waals surface area contributed by atoms with Gasteiger partial charge in [-0.15, -0.1) is 0 Å². The first-order valence-electron chi connectivity index (χ1n) is 11.8. The van der Waals surface area contributed by atoms with Crippen molar-refractivity contribution in [2.45, 2.75) is 77.7 Å². The smallest absolute Gasteiger partial charge is 0.136 e. The van der Waals surface area contributed by atoms with E-state index in [0.717, 1.165) is 46.6 Å². The number of fused-ring (bicyclic) bond motifs is 1. The normalized spacial score (nSPS) is 11.5. The monoisotopic (exact) mass is 419 g/mol. The summed E-state index contributed by atoms with van der Waals surface area (Å²) in [7, 11) is 0. The van der Waals surface area contributed by atoms with E-state index in [1.807, 2.05) is 41.2 Å². The number of furan rings is 2. The molecule has 0 bridgehead atoms. The molecule has 4 rings (SSSR count). The zero-order chi connectivity index (χ0) is 21.3. The predicted octanol–water partition coefficient (Wildman–Crippen LogP) is 7.87. The Labute approximate surface area is 184 Å². The molecule has 0 fully saturated rings. The van der Waals surface area contributed by atoms with Gasteiger partial charge in [0.1, 0.15) is 22.6 Å². The van der Waals surface area contributed by atoms with E-state index >= 15 is 0 Å². The lowest BCUT2D eigenvalue weighted by molar-refractivity contribution is 0.483. The van der Waals surface area contributed by atoms with E-state index in [1.54, 1.807) is 12.5 Å². The zero-order valence-electron chi connectivity index (χ0n) is 18.6. The van der Waals surface area contributed by atoms with Crippen LogP contribution in [-0.4, -0.2) is 15.0 Å². The van der Waals surface area contributed by atoms with Crippen LogP contribution in [0.15, 0.2) is 57.8 Å². The second-order valence-electron chi connectivity index (χ2n) is 8.29. The van der Waals surface area contributed by atoms with Crippen molar-refractivity contribution in [2.75, 3.05) is 0 Å². The van der Waals surface area contributed by atoms with Crippen molar-refractivity contribution >= 4 is 11.0 Å². The summed E-state index contributed by atoms with van der Waals surface area (Å²) in [5.41, 5.74) is 3.64. The van der Waals surface area contributed by atoms with Crippen molar-refractivity contribution in [1.82, 2.24) is 15.0 Å². The average Bonchev–Trinajstić information content (AvgIpc) is 3.55. The van der Waals surface area contributed by atoms with E-state index in [0.29, 0.717) is 0 Å². The first kappa shape index (κ1) is 21.4. The van der Waals surface area contributed by atoms with Crippen molar-refractivity contribution in [3.63, 3.8) is 0 Å². The molecule has 1 aromatic carbocycles. The summed E-state index contributed by atoms with van der Waals surface area (Å²) in [6.07, 6.45) is 16.6. The second-order valence-corrected chi connectivity index (χ2v) is 8.29. The van der Waals surface area contributed by atoms with E-state index in [1.165, 1.54) is 57.8 Å². The Morgan fingerprint density at radius 1 is 0.645 bits per heavy atom. The summed E-state index contributed by atoms with van der Waals surface area (Å²) >= 11 is 0. The quantitative estimate of drug-likeness (QED) is 0.207. The summed E-state index contributed by atoms with van der Waals surface area (Å²) in [5.74, 6) is 1.61. The number of aromatic nitrogens is 3. The van der Waals surface area contributed by atoms with Crippen LogP contribution < -0.4 is 0 Å². The van der Waals surface area contributed by atoms with Gasteiger partial charge in [-0.3, -0.25) is 0 Å². The summed E-state index contributed by atoms with van der Waals surface area (Å²) < 4.78 is 11.3. The molecule has 5 nitrogen and oxygen atoms in total. The Morgan fingerprint density at radius 2 is 1.13 bits per heavy atom. The fourth-order valence-electron chi connectivity index (χ4n) is 4.14. The second kappa shape index (κ2) is 11.0. The molecular formula is C26H33N3O2. The molecule has 5 heteroatoms. The van der Waals surface area contributed by atoms with Gasteiger partial charge in [-0.1, -0.05) is 64.7 Å². The van der Waals surface area contributed by atoms with Gasteiger partial charge in [0.15, 0.2) is 0 Å². The van der Waals surface area contributed by atoms with Crippen LogP contribution >= 0.6 is 0 Å². The molecule has 0 spiro atoms. The van der Waals surface area contributed by atoms with Crippen molar-refractivity contribution < 1.29 is 8.83 Å². The molecule has 0 aliphatic rings. The lowest BCUT2D eigenvalue weighted by Crippen LogP contribution is -2.02. The molecule has 4 aromatic rings. The van der Waals surface area contributed by atoms with Gasteiger partial charge in [0.05, 0.1) is 19.1 Å². The Balaban J connectivity index is 1.38. The number of unbranched alkanes of at least 4 members (excludes halogenated alkanes) is 9. The maximum atomic E-state index is 5.63. The maximum Gasteiger partial charge on any atom is 0.136 e. The van der Waals surface area contributed by atoms with E-state index in [4.69, 9.17) is 19.0 Å². The number of benzene rings is 1. The zero-order valence-corrected chi connectivity index (χ0v) is 18.6. The minimum absolute atomic E-state index is 0.807. The maximum absolute atomic E-state index is 5.63. The van der Waals surface area contributed by atoms with Crippen LogP contribution in [0.5, 0.6) is 0 Å². The number of nitrogens with zero attached hydrogens (tertiary/aromatic N) is 3. The van der Waals surface area contributed by atoms with Crippen LogP contribution in [0.2, 0.25) is 0 Å². The van der Waals surface area contributed by atoms with Gasteiger partial charge in [0.2, 0.25) is 0 Å². The molecule has 0 unspecified atom stereocenters. The van der Waals surface area contributed by atoms with Gasteiger partial charge < -0.3 is 8.83 Å². The van der Waals surface area contributed by atoms with E-state index in [9.17, 15) is 0 Å². The van der Waals surface area contributed by atoms with Gasteiger partial charge in [-0.25, -0.2) is 0 Å². The molecule has 0 saturated carbocycles. The van der Waals surface area contributed by atoms with E-state index < -0.39 is 0 Å². The van der Waals surface area contributed by atoms with E-state index in [-0.39, 0.29) is 0 Å².